The normalized spacial score (nSPS) is 17.3. The molecule has 1 aromatic heterocycles. The lowest BCUT2D eigenvalue weighted by molar-refractivity contribution is -0.121. The zero-order valence-electron chi connectivity index (χ0n) is 14.4. The van der Waals surface area contributed by atoms with Gasteiger partial charge >= 0.3 is 5.69 Å². The first kappa shape index (κ1) is 16.1. The number of carbonyl (C=O) groups is 2. The van der Waals surface area contributed by atoms with Gasteiger partial charge in [-0.3, -0.25) is 9.59 Å². The number of aryl methyl sites for hydroxylation is 2. The van der Waals surface area contributed by atoms with Crippen molar-refractivity contribution in [3.05, 3.63) is 58.0 Å². The maximum absolute atomic E-state index is 12.9. The van der Waals surface area contributed by atoms with Gasteiger partial charge in [0, 0.05) is 5.69 Å². The van der Waals surface area contributed by atoms with Gasteiger partial charge < -0.3 is 15.3 Å². The summed E-state index contributed by atoms with van der Waals surface area (Å²) in [6.07, 6.45) is 0.0916. The quantitative estimate of drug-likeness (QED) is 0.631. The molecule has 1 saturated heterocycles. The highest BCUT2D eigenvalue weighted by molar-refractivity contribution is 6.23. The molecule has 26 heavy (non-hydrogen) atoms. The summed E-state index contributed by atoms with van der Waals surface area (Å²) in [7, 11) is 0. The van der Waals surface area contributed by atoms with Gasteiger partial charge in [0.25, 0.3) is 5.91 Å². The predicted molar refractivity (Wildman–Crippen MR) is 99.4 cm³/mol. The Balaban J connectivity index is 1.63. The molecule has 0 aliphatic carbocycles. The number of para-hydroxylation sites is 1. The van der Waals surface area contributed by atoms with Crippen LogP contribution in [0, 0.1) is 13.8 Å². The number of aromatic nitrogens is 2. The van der Waals surface area contributed by atoms with Crippen LogP contribution in [0.25, 0.3) is 11.0 Å². The lowest BCUT2D eigenvalue weighted by atomic mass is 10.1. The Labute approximate surface area is 149 Å². The van der Waals surface area contributed by atoms with Gasteiger partial charge in [-0.1, -0.05) is 18.2 Å². The van der Waals surface area contributed by atoms with Gasteiger partial charge in [0.15, 0.2) is 0 Å². The third-order valence-corrected chi connectivity index (χ3v) is 4.67. The maximum Gasteiger partial charge on any atom is 0.323 e. The molecule has 3 aromatic rings. The highest BCUT2D eigenvalue weighted by Crippen LogP contribution is 2.30. The molecule has 4 rings (SSSR count). The lowest BCUT2D eigenvalue weighted by Gasteiger charge is -2.20. The fourth-order valence-electron chi connectivity index (χ4n) is 3.46. The summed E-state index contributed by atoms with van der Waals surface area (Å²) < 4.78 is 0. The van der Waals surface area contributed by atoms with Crippen LogP contribution in [0.15, 0.2) is 41.2 Å². The van der Waals surface area contributed by atoms with Crippen LogP contribution in [-0.2, 0) is 9.59 Å². The maximum atomic E-state index is 12.9. The first-order chi connectivity index (χ1) is 12.4. The van der Waals surface area contributed by atoms with Gasteiger partial charge in [-0.15, -0.1) is 0 Å². The lowest BCUT2D eigenvalue weighted by Crippen LogP contribution is -2.35. The molecule has 0 unspecified atom stereocenters. The number of anilines is 2. The number of rotatable bonds is 3. The minimum absolute atomic E-state index is 0.0916. The fraction of sp³-hybridized carbons (Fsp3) is 0.211. The summed E-state index contributed by atoms with van der Waals surface area (Å²) >= 11 is 0. The number of hydrogen-bond donors (Lipinski definition) is 3. The molecular weight excluding hydrogens is 332 g/mol. The second-order valence-electron chi connectivity index (χ2n) is 6.55. The third-order valence-electron chi connectivity index (χ3n) is 4.67. The first-order valence-electron chi connectivity index (χ1n) is 8.35. The summed E-state index contributed by atoms with van der Waals surface area (Å²) in [5.74, 6) is -0.490. The molecule has 7 nitrogen and oxygen atoms in total. The van der Waals surface area contributed by atoms with E-state index in [2.05, 4.69) is 15.3 Å². The molecule has 2 aromatic carbocycles. The Morgan fingerprint density at radius 1 is 1.00 bits per heavy atom. The SMILES string of the molecule is Cc1cccc(C)c1N1C(=O)C[C@H](Nc2ccc3[nH]c(=O)[nH]c3c2)C1=O. The minimum Gasteiger partial charge on any atom is -0.373 e. The molecular formula is C19H18N4O3. The van der Waals surface area contributed by atoms with Crippen molar-refractivity contribution in [3.63, 3.8) is 0 Å². The zero-order valence-corrected chi connectivity index (χ0v) is 14.4. The van der Waals surface area contributed by atoms with Crippen LogP contribution in [0.4, 0.5) is 11.4 Å². The second-order valence-corrected chi connectivity index (χ2v) is 6.55. The Morgan fingerprint density at radius 2 is 1.69 bits per heavy atom. The number of aromatic amines is 2. The zero-order chi connectivity index (χ0) is 18.4. The predicted octanol–water partition coefficient (Wildman–Crippen LogP) is 2.22. The van der Waals surface area contributed by atoms with E-state index >= 15 is 0 Å². The number of nitrogens with zero attached hydrogens (tertiary/aromatic N) is 1. The van der Waals surface area contributed by atoms with Crippen LogP contribution in [0.5, 0.6) is 0 Å². The Kier molecular flexibility index (Phi) is 3.64. The van der Waals surface area contributed by atoms with Crippen LogP contribution >= 0.6 is 0 Å². The fourth-order valence-corrected chi connectivity index (χ4v) is 3.46. The molecule has 1 fully saturated rings. The minimum atomic E-state index is -0.635. The number of nitrogens with one attached hydrogen (secondary N) is 3. The van der Waals surface area contributed by atoms with Crippen molar-refractivity contribution in [3.8, 4) is 0 Å². The topological polar surface area (TPSA) is 98.1 Å². The van der Waals surface area contributed by atoms with Gasteiger partial charge in [-0.2, -0.15) is 0 Å². The van der Waals surface area contributed by atoms with Gasteiger partial charge in [0.05, 0.1) is 23.1 Å². The summed E-state index contributed by atoms with van der Waals surface area (Å²) in [4.78, 5) is 43.4. The number of benzene rings is 2. The van der Waals surface area contributed by atoms with Crippen molar-refractivity contribution in [1.82, 2.24) is 9.97 Å². The molecule has 1 aliphatic rings. The largest absolute Gasteiger partial charge is 0.373 e. The van der Waals surface area contributed by atoms with E-state index in [4.69, 9.17) is 0 Å². The van der Waals surface area contributed by atoms with E-state index in [1.165, 1.54) is 4.90 Å². The molecule has 0 bridgehead atoms. The highest BCUT2D eigenvalue weighted by Gasteiger charge is 2.40. The Morgan fingerprint density at radius 3 is 2.42 bits per heavy atom. The van der Waals surface area contributed by atoms with Crippen molar-refractivity contribution >= 4 is 34.2 Å². The van der Waals surface area contributed by atoms with E-state index in [-0.39, 0.29) is 23.9 Å². The Bertz CT molecular complexity index is 1080. The number of H-pyrrole nitrogens is 2. The average molecular weight is 350 g/mol. The summed E-state index contributed by atoms with van der Waals surface area (Å²) in [5.41, 5.74) is 4.15. The monoisotopic (exact) mass is 350 g/mol. The number of amides is 2. The van der Waals surface area contributed by atoms with Gasteiger partial charge in [0.2, 0.25) is 5.91 Å². The van der Waals surface area contributed by atoms with E-state index in [0.29, 0.717) is 22.4 Å². The molecule has 3 N–H and O–H groups in total. The standard InChI is InChI=1S/C19H18N4O3/c1-10-4-3-5-11(2)17(10)23-16(24)9-15(18(23)25)20-12-6-7-13-14(8-12)22-19(26)21-13/h3-8,15,20H,9H2,1-2H3,(H2,21,22,26)/t15-/m0/s1. The van der Waals surface area contributed by atoms with Crippen molar-refractivity contribution in [2.75, 3.05) is 10.2 Å². The molecule has 1 aliphatic heterocycles. The van der Waals surface area contributed by atoms with Crippen LogP contribution < -0.4 is 15.9 Å². The van der Waals surface area contributed by atoms with Crippen LogP contribution in [-0.4, -0.2) is 27.8 Å². The van der Waals surface area contributed by atoms with Gasteiger partial charge in [-0.25, -0.2) is 9.69 Å². The summed E-state index contributed by atoms with van der Waals surface area (Å²) in [5, 5.41) is 3.11. The molecule has 0 radical (unpaired) electrons. The Hall–Kier alpha value is -3.35. The molecule has 2 amide bonds. The van der Waals surface area contributed by atoms with E-state index in [9.17, 15) is 14.4 Å². The van der Waals surface area contributed by atoms with E-state index in [0.717, 1.165) is 11.1 Å². The molecule has 1 atom stereocenters. The molecule has 7 heteroatoms. The van der Waals surface area contributed by atoms with Crippen molar-refractivity contribution in [1.29, 1.82) is 0 Å². The first-order valence-corrected chi connectivity index (χ1v) is 8.35. The van der Waals surface area contributed by atoms with E-state index in [1.807, 2.05) is 32.0 Å². The highest BCUT2D eigenvalue weighted by atomic mass is 16.2. The summed E-state index contributed by atoms with van der Waals surface area (Å²) in [6.45, 7) is 3.78. The average Bonchev–Trinajstić information content (AvgIpc) is 3.08. The van der Waals surface area contributed by atoms with Crippen LogP contribution in [0.3, 0.4) is 0 Å². The van der Waals surface area contributed by atoms with E-state index < -0.39 is 6.04 Å². The van der Waals surface area contributed by atoms with Crippen molar-refractivity contribution in [2.45, 2.75) is 26.3 Å². The number of hydrogen-bond acceptors (Lipinski definition) is 4. The smallest absolute Gasteiger partial charge is 0.323 e. The molecule has 0 saturated carbocycles. The third kappa shape index (κ3) is 2.57. The second kappa shape index (κ2) is 5.87. The van der Waals surface area contributed by atoms with Crippen LogP contribution in [0.2, 0.25) is 0 Å². The molecule has 0 spiro atoms. The number of imidazole rings is 1. The van der Waals surface area contributed by atoms with E-state index in [1.54, 1.807) is 18.2 Å². The number of carbonyl (C=O) groups excluding carboxylic acids is 2. The number of imide groups is 1. The van der Waals surface area contributed by atoms with Gasteiger partial charge in [0.1, 0.15) is 6.04 Å². The van der Waals surface area contributed by atoms with Crippen molar-refractivity contribution < 1.29 is 9.59 Å². The van der Waals surface area contributed by atoms with Crippen molar-refractivity contribution in [2.24, 2.45) is 0 Å². The summed E-state index contributed by atoms with van der Waals surface area (Å²) in [6, 6.07) is 10.3. The molecule has 132 valence electrons. The van der Waals surface area contributed by atoms with Gasteiger partial charge in [-0.05, 0) is 43.2 Å². The molecule has 2 heterocycles. The van der Waals surface area contributed by atoms with Crippen LogP contribution in [0.1, 0.15) is 17.5 Å². The number of fused-ring (bicyclic) bond motifs is 1.